The molecule has 0 spiro atoms. The standard InChI is InChI=1S/C12H16FNO2/c1-14-6-7-16-11(8-14)12(15)9-4-2-3-5-10(9)13/h2-5,11-12,15H,6-8H2,1H3. The molecule has 2 rings (SSSR count). The fourth-order valence-electron chi connectivity index (χ4n) is 1.92. The SMILES string of the molecule is CN1CCOC(C(O)c2ccccc2F)C1. The lowest BCUT2D eigenvalue weighted by atomic mass is 10.0. The van der Waals surface area contributed by atoms with E-state index < -0.39 is 6.10 Å². The van der Waals surface area contributed by atoms with Crippen LogP contribution in [0.15, 0.2) is 24.3 Å². The van der Waals surface area contributed by atoms with Gasteiger partial charge in [-0.15, -0.1) is 0 Å². The summed E-state index contributed by atoms with van der Waals surface area (Å²) in [5, 5.41) is 10.1. The molecule has 1 aromatic rings. The molecule has 0 aliphatic carbocycles. The van der Waals surface area contributed by atoms with Crippen molar-refractivity contribution in [3.63, 3.8) is 0 Å². The third-order valence-corrected chi connectivity index (χ3v) is 2.87. The van der Waals surface area contributed by atoms with Crippen LogP contribution in [-0.2, 0) is 4.74 Å². The Hall–Kier alpha value is -0.970. The predicted molar refractivity (Wildman–Crippen MR) is 58.6 cm³/mol. The summed E-state index contributed by atoms with van der Waals surface area (Å²) >= 11 is 0. The Kier molecular flexibility index (Phi) is 3.53. The van der Waals surface area contributed by atoms with Gasteiger partial charge in [0.2, 0.25) is 0 Å². The van der Waals surface area contributed by atoms with Crippen molar-refractivity contribution in [2.75, 3.05) is 26.7 Å². The molecule has 88 valence electrons. The predicted octanol–water partition coefficient (Wildman–Crippen LogP) is 1.19. The van der Waals surface area contributed by atoms with Gasteiger partial charge in [0.25, 0.3) is 0 Å². The molecule has 2 unspecified atom stereocenters. The fraction of sp³-hybridized carbons (Fsp3) is 0.500. The molecule has 0 amide bonds. The van der Waals surface area contributed by atoms with Gasteiger partial charge in [-0.3, -0.25) is 0 Å². The minimum atomic E-state index is -0.899. The van der Waals surface area contributed by atoms with Crippen molar-refractivity contribution in [3.8, 4) is 0 Å². The van der Waals surface area contributed by atoms with E-state index in [9.17, 15) is 9.50 Å². The quantitative estimate of drug-likeness (QED) is 0.820. The van der Waals surface area contributed by atoms with Gasteiger partial charge in [0.05, 0.1) is 6.61 Å². The lowest BCUT2D eigenvalue weighted by molar-refractivity contribution is -0.0853. The molecule has 1 N–H and O–H groups in total. The van der Waals surface area contributed by atoms with E-state index >= 15 is 0 Å². The van der Waals surface area contributed by atoms with Crippen LogP contribution >= 0.6 is 0 Å². The maximum atomic E-state index is 13.5. The lowest BCUT2D eigenvalue weighted by Gasteiger charge is -2.33. The minimum absolute atomic E-state index is 0.308. The maximum absolute atomic E-state index is 13.5. The number of aliphatic hydroxyl groups excluding tert-OH is 1. The number of likely N-dealkylation sites (N-methyl/N-ethyl adjacent to an activating group) is 1. The number of nitrogens with zero attached hydrogens (tertiary/aromatic N) is 1. The van der Waals surface area contributed by atoms with Gasteiger partial charge in [0.1, 0.15) is 18.0 Å². The van der Waals surface area contributed by atoms with Gasteiger partial charge in [-0.2, -0.15) is 0 Å². The van der Waals surface area contributed by atoms with Crippen LogP contribution in [0.5, 0.6) is 0 Å². The van der Waals surface area contributed by atoms with Crippen molar-refractivity contribution in [2.24, 2.45) is 0 Å². The van der Waals surface area contributed by atoms with Crippen molar-refractivity contribution in [3.05, 3.63) is 35.6 Å². The Bertz CT molecular complexity index is 359. The molecular formula is C12H16FNO2. The molecule has 1 saturated heterocycles. The number of ether oxygens (including phenoxy) is 1. The van der Waals surface area contributed by atoms with Gasteiger partial charge in [-0.05, 0) is 13.1 Å². The Morgan fingerprint density at radius 3 is 2.94 bits per heavy atom. The monoisotopic (exact) mass is 225 g/mol. The van der Waals surface area contributed by atoms with Crippen LogP contribution < -0.4 is 0 Å². The molecule has 1 aliphatic heterocycles. The first-order valence-electron chi connectivity index (χ1n) is 5.41. The van der Waals surface area contributed by atoms with Crippen molar-refractivity contribution in [2.45, 2.75) is 12.2 Å². The van der Waals surface area contributed by atoms with Crippen LogP contribution in [0.2, 0.25) is 0 Å². The van der Waals surface area contributed by atoms with Crippen LogP contribution in [0, 0.1) is 5.82 Å². The van der Waals surface area contributed by atoms with Crippen LogP contribution in [0.4, 0.5) is 4.39 Å². The lowest BCUT2D eigenvalue weighted by Crippen LogP contribution is -2.43. The van der Waals surface area contributed by atoms with Crippen molar-refractivity contribution >= 4 is 0 Å². The maximum Gasteiger partial charge on any atom is 0.129 e. The summed E-state index contributed by atoms with van der Waals surface area (Å²) in [7, 11) is 1.96. The van der Waals surface area contributed by atoms with E-state index in [-0.39, 0.29) is 11.9 Å². The normalized spacial score (nSPS) is 24.3. The van der Waals surface area contributed by atoms with E-state index in [1.807, 2.05) is 7.05 Å². The number of hydrogen-bond donors (Lipinski definition) is 1. The van der Waals surface area contributed by atoms with E-state index in [4.69, 9.17) is 4.74 Å². The largest absolute Gasteiger partial charge is 0.386 e. The Morgan fingerprint density at radius 2 is 2.25 bits per heavy atom. The summed E-state index contributed by atoms with van der Waals surface area (Å²) in [6.07, 6.45) is -1.25. The molecule has 2 atom stereocenters. The highest BCUT2D eigenvalue weighted by Crippen LogP contribution is 2.23. The summed E-state index contributed by atoms with van der Waals surface area (Å²) in [4.78, 5) is 2.07. The number of morpholine rings is 1. The zero-order valence-corrected chi connectivity index (χ0v) is 9.27. The van der Waals surface area contributed by atoms with Gasteiger partial charge in [-0.25, -0.2) is 4.39 Å². The highest BCUT2D eigenvalue weighted by atomic mass is 19.1. The Morgan fingerprint density at radius 1 is 1.50 bits per heavy atom. The summed E-state index contributed by atoms with van der Waals surface area (Å²) in [5.41, 5.74) is 0.308. The first-order valence-corrected chi connectivity index (χ1v) is 5.41. The number of rotatable bonds is 2. The van der Waals surface area contributed by atoms with Gasteiger partial charge >= 0.3 is 0 Å². The van der Waals surface area contributed by atoms with E-state index in [1.54, 1.807) is 18.2 Å². The van der Waals surface area contributed by atoms with Gasteiger partial charge < -0.3 is 14.7 Å². The molecule has 0 bridgehead atoms. The van der Waals surface area contributed by atoms with Crippen LogP contribution in [0.3, 0.4) is 0 Å². The summed E-state index contributed by atoms with van der Waals surface area (Å²) in [5.74, 6) is -0.383. The van der Waals surface area contributed by atoms with Crippen molar-refractivity contribution in [1.29, 1.82) is 0 Å². The molecule has 4 heteroatoms. The fourth-order valence-corrected chi connectivity index (χ4v) is 1.92. The number of aliphatic hydroxyl groups is 1. The second kappa shape index (κ2) is 4.91. The molecule has 0 radical (unpaired) electrons. The summed E-state index contributed by atoms with van der Waals surface area (Å²) in [6.45, 7) is 2.04. The van der Waals surface area contributed by atoms with Gasteiger partial charge in [-0.1, -0.05) is 18.2 Å². The molecule has 1 aromatic carbocycles. The number of benzene rings is 1. The Balaban J connectivity index is 2.12. The highest BCUT2D eigenvalue weighted by Gasteiger charge is 2.27. The van der Waals surface area contributed by atoms with Gasteiger partial charge in [0.15, 0.2) is 0 Å². The van der Waals surface area contributed by atoms with Crippen LogP contribution in [0.1, 0.15) is 11.7 Å². The second-order valence-corrected chi connectivity index (χ2v) is 4.14. The van der Waals surface area contributed by atoms with Crippen molar-refractivity contribution in [1.82, 2.24) is 4.90 Å². The summed E-state index contributed by atoms with van der Waals surface area (Å²) in [6, 6.07) is 6.27. The molecule has 0 saturated carbocycles. The van der Waals surface area contributed by atoms with E-state index in [0.29, 0.717) is 18.7 Å². The number of halogens is 1. The smallest absolute Gasteiger partial charge is 0.129 e. The summed E-state index contributed by atoms with van der Waals surface area (Å²) < 4.78 is 18.9. The molecule has 3 nitrogen and oxygen atoms in total. The zero-order valence-electron chi connectivity index (χ0n) is 9.27. The third kappa shape index (κ3) is 2.40. The van der Waals surface area contributed by atoms with Gasteiger partial charge in [0, 0.05) is 18.7 Å². The van der Waals surface area contributed by atoms with Crippen LogP contribution in [0.25, 0.3) is 0 Å². The first kappa shape index (κ1) is 11.5. The molecule has 1 fully saturated rings. The highest BCUT2D eigenvalue weighted by molar-refractivity contribution is 5.21. The molecule has 1 heterocycles. The van der Waals surface area contributed by atoms with Crippen LogP contribution in [-0.4, -0.2) is 42.9 Å². The third-order valence-electron chi connectivity index (χ3n) is 2.87. The van der Waals surface area contributed by atoms with E-state index in [0.717, 1.165) is 6.54 Å². The molecule has 1 aliphatic rings. The topological polar surface area (TPSA) is 32.7 Å². The molecule has 0 aromatic heterocycles. The Labute approximate surface area is 94.4 Å². The van der Waals surface area contributed by atoms with E-state index in [1.165, 1.54) is 6.07 Å². The molecular weight excluding hydrogens is 209 g/mol. The zero-order chi connectivity index (χ0) is 11.5. The average molecular weight is 225 g/mol. The molecule has 16 heavy (non-hydrogen) atoms. The number of hydrogen-bond acceptors (Lipinski definition) is 3. The van der Waals surface area contributed by atoms with E-state index in [2.05, 4.69) is 4.90 Å². The first-order chi connectivity index (χ1) is 7.68. The average Bonchev–Trinajstić information content (AvgIpc) is 2.29. The van der Waals surface area contributed by atoms with Crippen molar-refractivity contribution < 1.29 is 14.2 Å². The minimum Gasteiger partial charge on any atom is -0.386 e. The second-order valence-electron chi connectivity index (χ2n) is 4.14.